The summed E-state index contributed by atoms with van der Waals surface area (Å²) in [4.78, 5) is 4.65. The second kappa shape index (κ2) is 9.75. The number of aryl methyl sites for hydroxylation is 2. The largest absolute Gasteiger partial charge is 0.376 e. The van der Waals surface area contributed by atoms with Gasteiger partial charge in [-0.05, 0) is 39.0 Å². The Kier molecular flexibility index (Phi) is 7.09. The number of hydrogen-bond acceptors (Lipinski definition) is 4. The molecule has 3 rings (SSSR count). The van der Waals surface area contributed by atoms with E-state index < -0.39 is 0 Å². The summed E-state index contributed by atoms with van der Waals surface area (Å²) in [5, 5.41) is 15.5. The highest BCUT2D eigenvalue weighted by Crippen LogP contribution is 2.15. The molecule has 7 nitrogen and oxygen atoms in total. The van der Waals surface area contributed by atoms with Crippen molar-refractivity contribution in [1.82, 2.24) is 25.4 Å². The van der Waals surface area contributed by atoms with Crippen molar-refractivity contribution in [3.05, 3.63) is 11.6 Å². The number of guanidine groups is 1. The zero-order valence-electron chi connectivity index (χ0n) is 15.5. The van der Waals surface area contributed by atoms with Crippen LogP contribution >= 0.6 is 0 Å². The van der Waals surface area contributed by atoms with Crippen LogP contribution in [0.3, 0.4) is 0 Å². The summed E-state index contributed by atoms with van der Waals surface area (Å²) in [6.07, 6.45) is 9.44. The van der Waals surface area contributed by atoms with Crippen LogP contribution in [-0.4, -0.2) is 53.1 Å². The fourth-order valence-electron chi connectivity index (χ4n) is 3.51. The van der Waals surface area contributed by atoms with E-state index in [0.717, 1.165) is 76.7 Å². The maximum Gasteiger partial charge on any atom is 0.191 e. The Morgan fingerprint density at radius 2 is 2.20 bits per heavy atom. The Morgan fingerprint density at radius 1 is 1.24 bits per heavy atom. The maximum absolute atomic E-state index is 5.64. The van der Waals surface area contributed by atoms with Crippen molar-refractivity contribution in [3.63, 3.8) is 0 Å². The van der Waals surface area contributed by atoms with Crippen LogP contribution in [0, 0.1) is 0 Å². The molecule has 1 aromatic rings. The molecule has 0 aromatic carbocycles. The smallest absolute Gasteiger partial charge is 0.191 e. The molecule has 25 heavy (non-hydrogen) atoms. The Morgan fingerprint density at radius 3 is 3.04 bits per heavy atom. The highest BCUT2D eigenvalue weighted by molar-refractivity contribution is 5.79. The van der Waals surface area contributed by atoms with E-state index in [-0.39, 0.29) is 0 Å². The third kappa shape index (κ3) is 5.42. The van der Waals surface area contributed by atoms with Gasteiger partial charge in [0.25, 0.3) is 0 Å². The van der Waals surface area contributed by atoms with Gasteiger partial charge < -0.3 is 19.9 Å². The van der Waals surface area contributed by atoms with Gasteiger partial charge in [-0.1, -0.05) is 6.42 Å². The first kappa shape index (κ1) is 18.2. The number of rotatable bonds is 7. The molecule has 140 valence electrons. The molecule has 0 bridgehead atoms. The third-order valence-electron chi connectivity index (χ3n) is 4.88. The van der Waals surface area contributed by atoms with Crippen molar-refractivity contribution in [3.8, 4) is 0 Å². The SMILES string of the molecule is CCNC(=NCC1CCCO1)NCCCc1nnc2n1CCCCC2. The van der Waals surface area contributed by atoms with Crippen LogP contribution < -0.4 is 10.6 Å². The highest BCUT2D eigenvalue weighted by Gasteiger charge is 2.15. The maximum atomic E-state index is 5.64. The van der Waals surface area contributed by atoms with E-state index >= 15 is 0 Å². The van der Waals surface area contributed by atoms with Crippen molar-refractivity contribution in [2.45, 2.75) is 70.9 Å². The predicted molar refractivity (Wildman–Crippen MR) is 98.9 cm³/mol. The Hall–Kier alpha value is -1.63. The summed E-state index contributed by atoms with van der Waals surface area (Å²) < 4.78 is 7.98. The van der Waals surface area contributed by atoms with Gasteiger partial charge in [-0.3, -0.25) is 4.99 Å². The van der Waals surface area contributed by atoms with Crippen molar-refractivity contribution in [2.75, 3.05) is 26.2 Å². The van der Waals surface area contributed by atoms with Gasteiger partial charge >= 0.3 is 0 Å². The molecule has 2 aliphatic rings. The van der Waals surface area contributed by atoms with Crippen LogP contribution in [0.1, 0.15) is 57.1 Å². The van der Waals surface area contributed by atoms with E-state index in [2.05, 4.69) is 37.3 Å². The number of nitrogens with one attached hydrogen (secondary N) is 2. The first-order chi connectivity index (χ1) is 12.4. The third-order valence-corrected chi connectivity index (χ3v) is 4.88. The first-order valence-electron chi connectivity index (χ1n) is 9.91. The Labute approximate surface area is 150 Å². The number of aliphatic imine (C=N–C) groups is 1. The summed E-state index contributed by atoms with van der Waals surface area (Å²) in [6, 6.07) is 0. The van der Waals surface area contributed by atoms with Gasteiger partial charge in [0.2, 0.25) is 0 Å². The van der Waals surface area contributed by atoms with Gasteiger partial charge in [0.05, 0.1) is 12.6 Å². The van der Waals surface area contributed by atoms with E-state index in [9.17, 15) is 0 Å². The normalized spacial score (nSPS) is 21.0. The zero-order valence-corrected chi connectivity index (χ0v) is 15.5. The molecule has 1 saturated heterocycles. The average molecular weight is 348 g/mol. The number of ether oxygens (including phenoxy) is 1. The minimum atomic E-state index is 0.293. The summed E-state index contributed by atoms with van der Waals surface area (Å²) >= 11 is 0. The van der Waals surface area contributed by atoms with Gasteiger partial charge in [-0.25, -0.2) is 0 Å². The quantitative estimate of drug-likeness (QED) is 0.445. The van der Waals surface area contributed by atoms with Crippen LogP contribution in [-0.2, 0) is 24.1 Å². The lowest BCUT2D eigenvalue weighted by atomic mass is 10.2. The van der Waals surface area contributed by atoms with Gasteiger partial charge in [-0.15, -0.1) is 10.2 Å². The van der Waals surface area contributed by atoms with Gasteiger partial charge in [0.1, 0.15) is 11.6 Å². The zero-order chi connectivity index (χ0) is 17.3. The van der Waals surface area contributed by atoms with Crippen molar-refractivity contribution in [1.29, 1.82) is 0 Å². The minimum Gasteiger partial charge on any atom is -0.376 e. The number of hydrogen-bond donors (Lipinski definition) is 2. The Bertz CT molecular complexity index is 550. The number of fused-ring (bicyclic) bond motifs is 1. The van der Waals surface area contributed by atoms with Crippen LogP contribution in [0.5, 0.6) is 0 Å². The van der Waals surface area contributed by atoms with Gasteiger partial charge in [0, 0.05) is 39.1 Å². The number of aromatic nitrogens is 3. The predicted octanol–water partition coefficient (Wildman–Crippen LogP) is 1.67. The average Bonchev–Trinajstić information content (AvgIpc) is 3.21. The van der Waals surface area contributed by atoms with E-state index in [1.807, 2.05) is 0 Å². The molecule has 0 saturated carbocycles. The summed E-state index contributed by atoms with van der Waals surface area (Å²) in [7, 11) is 0. The molecular weight excluding hydrogens is 316 g/mol. The van der Waals surface area contributed by atoms with Crippen LogP contribution in [0.4, 0.5) is 0 Å². The molecule has 1 unspecified atom stereocenters. The van der Waals surface area contributed by atoms with E-state index in [1.54, 1.807) is 0 Å². The van der Waals surface area contributed by atoms with Gasteiger partial charge in [0.15, 0.2) is 5.96 Å². The Balaban J connectivity index is 1.43. The molecule has 0 spiro atoms. The van der Waals surface area contributed by atoms with E-state index in [0.29, 0.717) is 6.10 Å². The lowest BCUT2D eigenvalue weighted by molar-refractivity contribution is 0.117. The molecule has 2 aliphatic heterocycles. The molecule has 7 heteroatoms. The standard InChI is InChI=1S/C18H32N6O/c1-2-19-18(21-14-15-8-7-13-25-15)20-11-6-10-17-23-22-16-9-4-3-5-12-24(16)17/h15H,2-14H2,1H3,(H2,19,20,21). The fraction of sp³-hybridized carbons (Fsp3) is 0.833. The van der Waals surface area contributed by atoms with Crippen molar-refractivity contribution in [2.24, 2.45) is 4.99 Å². The number of nitrogens with zero attached hydrogens (tertiary/aromatic N) is 4. The molecule has 1 aromatic heterocycles. The first-order valence-corrected chi connectivity index (χ1v) is 9.91. The molecule has 2 N–H and O–H groups in total. The van der Waals surface area contributed by atoms with Crippen LogP contribution in [0.2, 0.25) is 0 Å². The lowest BCUT2D eigenvalue weighted by Gasteiger charge is -2.13. The molecule has 0 radical (unpaired) electrons. The van der Waals surface area contributed by atoms with E-state index in [1.165, 1.54) is 25.1 Å². The topological polar surface area (TPSA) is 76.4 Å². The second-order valence-electron chi connectivity index (χ2n) is 6.88. The van der Waals surface area contributed by atoms with Crippen molar-refractivity contribution >= 4 is 5.96 Å². The molecule has 1 fully saturated rings. The second-order valence-corrected chi connectivity index (χ2v) is 6.88. The van der Waals surface area contributed by atoms with Gasteiger partial charge in [-0.2, -0.15) is 0 Å². The molecule has 3 heterocycles. The van der Waals surface area contributed by atoms with Crippen LogP contribution in [0.25, 0.3) is 0 Å². The summed E-state index contributed by atoms with van der Waals surface area (Å²) in [5.41, 5.74) is 0. The monoisotopic (exact) mass is 348 g/mol. The molecular formula is C18H32N6O. The highest BCUT2D eigenvalue weighted by atomic mass is 16.5. The molecule has 1 atom stereocenters. The lowest BCUT2D eigenvalue weighted by Crippen LogP contribution is -2.38. The summed E-state index contributed by atoms with van der Waals surface area (Å²) in [6.45, 7) is 6.56. The minimum absolute atomic E-state index is 0.293. The van der Waals surface area contributed by atoms with Crippen molar-refractivity contribution < 1.29 is 4.74 Å². The molecule has 0 aliphatic carbocycles. The fourth-order valence-corrected chi connectivity index (χ4v) is 3.51. The van der Waals surface area contributed by atoms with Crippen LogP contribution in [0.15, 0.2) is 4.99 Å². The van der Waals surface area contributed by atoms with E-state index in [4.69, 9.17) is 4.74 Å². The summed E-state index contributed by atoms with van der Waals surface area (Å²) in [5.74, 6) is 3.20. The molecule has 0 amide bonds.